The number of carboxylic acid groups (broad SMARTS) is 2. The Morgan fingerprint density at radius 1 is 0.973 bits per heavy atom. The first-order valence-electron chi connectivity index (χ1n) is 12.2. The number of benzene rings is 1. The molecule has 2 amide bonds. The lowest BCUT2D eigenvalue weighted by Crippen LogP contribution is -2.56. The van der Waals surface area contributed by atoms with E-state index in [0.29, 0.717) is 42.5 Å². The zero-order chi connectivity index (χ0) is 26.8. The number of aliphatic hydroxyl groups is 1. The van der Waals surface area contributed by atoms with Crippen LogP contribution in [0.15, 0.2) is 30.3 Å². The molecule has 11 nitrogen and oxygen atoms in total. The number of nitrogens with zero attached hydrogens (tertiary/aromatic N) is 3. The van der Waals surface area contributed by atoms with Crippen molar-refractivity contribution in [1.29, 1.82) is 0 Å². The molecular formula is C25H32N4O7S. The largest absolute Gasteiger partial charge is 0.481 e. The maximum atomic E-state index is 13.1. The molecule has 1 aliphatic rings. The number of aromatic nitrogens is 1. The molecule has 2 aromatic rings. The zero-order valence-corrected chi connectivity index (χ0v) is 21.3. The number of aliphatic carboxylic acids is 2. The minimum Gasteiger partial charge on any atom is -0.481 e. The highest BCUT2D eigenvalue weighted by atomic mass is 32.1. The van der Waals surface area contributed by atoms with E-state index in [9.17, 15) is 24.3 Å². The molecule has 3 rings (SSSR count). The van der Waals surface area contributed by atoms with Crippen LogP contribution in [0.2, 0.25) is 0 Å². The first-order valence-corrected chi connectivity index (χ1v) is 13.0. The van der Waals surface area contributed by atoms with Crippen molar-refractivity contribution < 1.29 is 34.5 Å². The summed E-state index contributed by atoms with van der Waals surface area (Å²) < 4.78 is 0. The van der Waals surface area contributed by atoms with Gasteiger partial charge in [0.1, 0.15) is 16.7 Å². The van der Waals surface area contributed by atoms with Crippen LogP contribution in [-0.2, 0) is 20.8 Å². The molecule has 0 unspecified atom stereocenters. The summed E-state index contributed by atoms with van der Waals surface area (Å²) in [6, 6.07) is 8.06. The van der Waals surface area contributed by atoms with Crippen molar-refractivity contribution in [2.45, 2.75) is 38.1 Å². The highest BCUT2D eigenvalue weighted by Crippen LogP contribution is 2.29. The van der Waals surface area contributed by atoms with Crippen LogP contribution in [0, 0.1) is 0 Å². The molecule has 0 aliphatic carbocycles. The van der Waals surface area contributed by atoms with E-state index in [0.717, 1.165) is 18.5 Å². The number of carboxylic acids is 2. The van der Waals surface area contributed by atoms with Crippen LogP contribution in [0.4, 0.5) is 0 Å². The molecule has 0 radical (unpaired) electrons. The van der Waals surface area contributed by atoms with Gasteiger partial charge in [0.05, 0.1) is 13.0 Å². The van der Waals surface area contributed by atoms with Crippen molar-refractivity contribution in [1.82, 2.24) is 20.1 Å². The summed E-state index contributed by atoms with van der Waals surface area (Å²) in [5.74, 6) is -2.84. The van der Waals surface area contributed by atoms with Crippen LogP contribution in [0.5, 0.6) is 0 Å². The fourth-order valence-electron chi connectivity index (χ4n) is 4.06. The first-order chi connectivity index (χ1) is 17.8. The van der Waals surface area contributed by atoms with Crippen LogP contribution in [-0.4, -0.2) is 99.2 Å². The smallest absolute Gasteiger partial charge is 0.303 e. The summed E-state index contributed by atoms with van der Waals surface area (Å²) in [4.78, 5) is 56.6. The number of nitrogens with one attached hydrogen (secondary N) is 1. The van der Waals surface area contributed by atoms with Crippen molar-refractivity contribution in [3.63, 3.8) is 0 Å². The quantitative estimate of drug-likeness (QED) is 0.279. The van der Waals surface area contributed by atoms with Gasteiger partial charge >= 0.3 is 11.9 Å². The third-order valence-corrected chi connectivity index (χ3v) is 7.25. The van der Waals surface area contributed by atoms with Gasteiger partial charge in [0.2, 0.25) is 5.91 Å². The van der Waals surface area contributed by atoms with E-state index in [1.54, 1.807) is 4.90 Å². The Hall–Kier alpha value is -3.35. The molecule has 1 aliphatic heterocycles. The molecule has 200 valence electrons. The Morgan fingerprint density at radius 2 is 1.65 bits per heavy atom. The van der Waals surface area contributed by atoms with Gasteiger partial charge in [-0.2, -0.15) is 0 Å². The lowest BCUT2D eigenvalue weighted by atomic mass is 10.2. The number of carbonyl (C=O) groups is 4. The molecule has 0 bridgehead atoms. The van der Waals surface area contributed by atoms with E-state index in [1.165, 1.54) is 11.3 Å². The van der Waals surface area contributed by atoms with Crippen LogP contribution in [0.25, 0.3) is 10.6 Å². The number of hydrogen-bond donors (Lipinski definition) is 4. The number of amides is 2. The molecule has 2 heterocycles. The molecule has 1 saturated heterocycles. The fraction of sp³-hybridized carbons (Fsp3) is 0.480. The molecule has 1 fully saturated rings. The van der Waals surface area contributed by atoms with Gasteiger partial charge in [-0.3, -0.25) is 24.1 Å². The summed E-state index contributed by atoms with van der Waals surface area (Å²) in [6.07, 6.45) is 1.46. The molecular weight excluding hydrogens is 500 g/mol. The molecule has 1 atom stereocenters. The maximum absolute atomic E-state index is 13.1. The number of hydrogen-bond acceptors (Lipinski definition) is 8. The number of thiazole rings is 1. The van der Waals surface area contributed by atoms with Gasteiger partial charge in [0.25, 0.3) is 5.91 Å². The molecule has 1 aromatic heterocycles. The van der Waals surface area contributed by atoms with E-state index in [2.05, 4.69) is 15.2 Å². The second kappa shape index (κ2) is 13.8. The average molecular weight is 533 g/mol. The van der Waals surface area contributed by atoms with Gasteiger partial charge in [-0.25, -0.2) is 4.98 Å². The number of rotatable bonds is 13. The number of unbranched alkanes of at least 4 members (excludes halogenated alkanes) is 1. The normalized spacial score (nSPS) is 14.8. The van der Waals surface area contributed by atoms with Crippen molar-refractivity contribution >= 4 is 35.1 Å². The van der Waals surface area contributed by atoms with Crippen molar-refractivity contribution in [2.24, 2.45) is 0 Å². The third-order valence-electron chi connectivity index (χ3n) is 6.08. The van der Waals surface area contributed by atoms with Crippen LogP contribution >= 0.6 is 11.3 Å². The van der Waals surface area contributed by atoms with E-state index in [-0.39, 0.29) is 25.0 Å². The summed E-state index contributed by atoms with van der Waals surface area (Å²) in [6.45, 7) is 2.28. The second-order valence-electron chi connectivity index (χ2n) is 8.78. The molecule has 1 aromatic carbocycles. The number of piperazine rings is 1. The SMILES string of the molecule is O=C(O)CCCCN1CCN(C(=O)[C@H](CO)NC(=O)c2nc(-c3ccccc3)sc2CCC(=O)O)CC1. The maximum Gasteiger partial charge on any atom is 0.303 e. The van der Waals surface area contributed by atoms with E-state index < -0.39 is 36.4 Å². The first kappa shape index (κ1) is 28.2. The zero-order valence-electron chi connectivity index (χ0n) is 20.5. The van der Waals surface area contributed by atoms with Gasteiger partial charge in [0, 0.05) is 43.0 Å². The topological polar surface area (TPSA) is 160 Å². The molecule has 12 heteroatoms. The number of carbonyl (C=O) groups excluding carboxylic acids is 2. The lowest BCUT2D eigenvalue weighted by molar-refractivity contribution is -0.138. The minimum atomic E-state index is -1.15. The fourth-order valence-corrected chi connectivity index (χ4v) is 5.12. The Bertz CT molecular complexity index is 1080. The van der Waals surface area contributed by atoms with Crippen molar-refractivity contribution in [3.8, 4) is 10.6 Å². The Balaban J connectivity index is 1.62. The minimum absolute atomic E-state index is 0.0579. The van der Waals surface area contributed by atoms with Crippen molar-refractivity contribution in [3.05, 3.63) is 40.9 Å². The molecule has 4 N–H and O–H groups in total. The highest BCUT2D eigenvalue weighted by Gasteiger charge is 2.30. The van der Waals surface area contributed by atoms with Gasteiger partial charge in [-0.15, -0.1) is 11.3 Å². The Kier molecular flexibility index (Phi) is 10.5. The van der Waals surface area contributed by atoms with Gasteiger partial charge in [-0.05, 0) is 25.8 Å². The third kappa shape index (κ3) is 8.34. The van der Waals surface area contributed by atoms with E-state index >= 15 is 0 Å². The molecule has 0 spiro atoms. The van der Waals surface area contributed by atoms with Gasteiger partial charge < -0.3 is 25.5 Å². The summed E-state index contributed by atoms with van der Waals surface area (Å²) in [5.41, 5.74) is 0.848. The Labute approximate surface area is 218 Å². The lowest BCUT2D eigenvalue weighted by Gasteiger charge is -2.36. The van der Waals surface area contributed by atoms with Crippen LogP contribution in [0.3, 0.4) is 0 Å². The summed E-state index contributed by atoms with van der Waals surface area (Å²) >= 11 is 1.23. The number of aryl methyl sites for hydroxylation is 1. The molecule has 0 saturated carbocycles. The second-order valence-corrected chi connectivity index (χ2v) is 9.86. The molecule has 37 heavy (non-hydrogen) atoms. The van der Waals surface area contributed by atoms with Crippen LogP contribution in [0.1, 0.15) is 41.0 Å². The summed E-state index contributed by atoms with van der Waals surface area (Å²) in [7, 11) is 0. The van der Waals surface area contributed by atoms with E-state index in [4.69, 9.17) is 10.2 Å². The van der Waals surface area contributed by atoms with Crippen LogP contribution < -0.4 is 5.32 Å². The average Bonchev–Trinajstić information content (AvgIpc) is 3.33. The monoisotopic (exact) mass is 532 g/mol. The predicted octanol–water partition coefficient (Wildman–Crippen LogP) is 1.32. The van der Waals surface area contributed by atoms with Gasteiger partial charge in [-0.1, -0.05) is 30.3 Å². The van der Waals surface area contributed by atoms with E-state index in [1.807, 2.05) is 30.3 Å². The van der Waals surface area contributed by atoms with Crippen molar-refractivity contribution in [2.75, 3.05) is 39.3 Å². The number of aliphatic hydroxyl groups excluding tert-OH is 1. The summed E-state index contributed by atoms with van der Waals surface area (Å²) in [5, 5.41) is 30.9. The predicted molar refractivity (Wildman–Crippen MR) is 136 cm³/mol. The highest BCUT2D eigenvalue weighted by molar-refractivity contribution is 7.15. The Morgan fingerprint density at radius 3 is 2.27 bits per heavy atom. The standard InChI is InChI=1S/C25H32N4O7S/c30-16-18(25(36)29-14-12-28(13-15-29)11-5-4-8-20(31)32)26-23(35)22-19(9-10-21(33)34)37-24(27-22)17-6-2-1-3-7-17/h1-3,6-7,18,30H,4-5,8-16H2,(H,26,35)(H,31,32)(H,33,34)/t18-/m0/s1. The van der Waals surface area contributed by atoms with Gasteiger partial charge in [0.15, 0.2) is 0 Å².